The number of hydrogen-bond donors (Lipinski definition) is 0. The fraction of sp³-hybridized carbons (Fsp3) is 0.400. The van der Waals surface area contributed by atoms with E-state index < -0.39 is 0 Å². The van der Waals surface area contributed by atoms with Crippen molar-refractivity contribution in [3.63, 3.8) is 0 Å². The molecule has 1 aliphatic carbocycles. The molecule has 1 saturated carbocycles. The molecule has 0 spiro atoms. The van der Waals surface area contributed by atoms with Crippen molar-refractivity contribution in [2.45, 2.75) is 32.2 Å². The van der Waals surface area contributed by atoms with E-state index in [9.17, 15) is 0 Å². The predicted molar refractivity (Wildman–Crippen MR) is 85.8 cm³/mol. The molecule has 0 bridgehead atoms. The van der Waals surface area contributed by atoms with Crippen LogP contribution in [0.3, 0.4) is 0 Å². The third-order valence-electron chi connectivity index (χ3n) is 4.34. The highest BCUT2D eigenvalue weighted by Crippen LogP contribution is 2.28. The van der Waals surface area contributed by atoms with Crippen molar-refractivity contribution >= 4 is 20.4 Å². The van der Waals surface area contributed by atoms with Gasteiger partial charge in [0.05, 0.1) is 11.9 Å². The Kier molecular flexibility index (Phi) is 3.23. The van der Waals surface area contributed by atoms with E-state index >= 15 is 0 Å². The number of fused-ring (bicyclic) bond motifs is 1. The molecule has 108 valence electrons. The Morgan fingerprint density at radius 1 is 1.24 bits per heavy atom. The molecule has 0 N–H and O–H groups in total. The lowest BCUT2D eigenvalue weighted by atomic mass is 10.1. The van der Waals surface area contributed by atoms with Crippen LogP contribution in [0.2, 0.25) is 0 Å². The second-order valence-corrected chi connectivity index (χ2v) is 6.34. The predicted octanol–water partition coefficient (Wildman–Crippen LogP) is 3.12. The second-order valence-electron chi connectivity index (χ2n) is 5.78. The summed E-state index contributed by atoms with van der Waals surface area (Å²) in [4.78, 5) is 8.77. The van der Waals surface area contributed by atoms with Gasteiger partial charge in [-0.05, 0) is 34.2 Å². The molecule has 0 amide bonds. The lowest BCUT2D eigenvalue weighted by molar-refractivity contribution is 0.429. The van der Waals surface area contributed by atoms with Crippen LogP contribution in [-0.2, 0) is 6.54 Å². The largest absolute Gasteiger partial charge is 0.317 e. The van der Waals surface area contributed by atoms with E-state index in [0.717, 1.165) is 34.8 Å². The lowest BCUT2D eigenvalue weighted by Gasteiger charge is -2.08. The van der Waals surface area contributed by atoms with Crippen LogP contribution in [0.25, 0.3) is 22.3 Å². The van der Waals surface area contributed by atoms with Gasteiger partial charge in [0.25, 0.3) is 0 Å². The number of nitrogens with zero attached hydrogens (tertiary/aromatic N) is 5. The Labute approximate surface area is 125 Å². The molecule has 21 heavy (non-hydrogen) atoms. The first-order valence-electron chi connectivity index (χ1n) is 7.41. The molecule has 1 atom stereocenters. The summed E-state index contributed by atoms with van der Waals surface area (Å²) in [5.41, 5.74) is 2.95. The highest BCUT2D eigenvalue weighted by molar-refractivity contribution is 7.14. The Balaban J connectivity index is 1.67. The molecule has 3 aromatic rings. The van der Waals surface area contributed by atoms with Gasteiger partial charge in [0.2, 0.25) is 0 Å². The minimum Gasteiger partial charge on any atom is -0.317 e. The lowest BCUT2D eigenvalue weighted by Crippen LogP contribution is -2.07. The van der Waals surface area contributed by atoms with Gasteiger partial charge in [-0.2, -0.15) is 5.10 Å². The summed E-state index contributed by atoms with van der Waals surface area (Å²) in [5, 5.41) is 5.58. The van der Waals surface area contributed by atoms with Gasteiger partial charge >= 0.3 is 0 Å². The molecule has 3 aromatic heterocycles. The van der Waals surface area contributed by atoms with E-state index in [1.165, 1.54) is 25.7 Å². The van der Waals surface area contributed by atoms with Crippen LogP contribution in [0.5, 0.6) is 0 Å². The van der Waals surface area contributed by atoms with Crippen molar-refractivity contribution in [3.05, 3.63) is 31.0 Å². The van der Waals surface area contributed by atoms with E-state index in [0.29, 0.717) is 0 Å². The van der Waals surface area contributed by atoms with Gasteiger partial charge < -0.3 is 4.34 Å². The van der Waals surface area contributed by atoms with Crippen molar-refractivity contribution in [3.8, 4) is 11.3 Å². The second kappa shape index (κ2) is 5.23. The molecule has 0 radical (unpaired) electrons. The number of hydrogen-bond acceptors (Lipinski definition) is 3. The van der Waals surface area contributed by atoms with Crippen LogP contribution in [0.1, 0.15) is 25.7 Å². The molecule has 1 unspecified atom stereocenters. The summed E-state index contributed by atoms with van der Waals surface area (Å²) in [6, 6.07) is 2.05. The third-order valence-corrected chi connectivity index (χ3v) is 4.75. The molecule has 6 heteroatoms. The smallest absolute Gasteiger partial charge is 0.146 e. The topological polar surface area (TPSA) is 48.5 Å². The SMILES string of the molecule is Pn1ccc2c(-c3cnn(CC4CCCC4)c3)ncnc21. The molecular formula is C15H18N5P. The first-order valence-corrected chi connectivity index (χ1v) is 7.93. The molecular weight excluding hydrogens is 281 g/mol. The maximum Gasteiger partial charge on any atom is 0.146 e. The van der Waals surface area contributed by atoms with Crippen molar-refractivity contribution < 1.29 is 0 Å². The summed E-state index contributed by atoms with van der Waals surface area (Å²) in [5.74, 6) is 0.788. The van der Waals surface area contributed by atoms with Crippen molar-refractivity contribution in [2.75, 3.05) is 0 Å². The van der Waals surface area contributed by atoms with Crippen LogP contribution in [-0.4, -0.2) is 24.1 Å². The minimum absolute atomic E-state index is 0.788. The van der Waals surface area contributed by atoms with Gasteiger partial charge in [-0.3, -0.25) is 4.68 Å². The summed E-state index contributed by atoms with van der Waals surface area (Å²) in [6.07, 6.45) is 13.0. The van der Waals surface area contributed by atoms with Crippen LogP contribution >= 0.6 is 9.39 Å². The average molecular weight is 299 g/mol. The quantitative estimate of drug-likeness (QED) is 0.698. The molecule has 3 heterocycles. The summed E-state index contributed by atoms with van der Waals surface area (Å²) in [7, 11) is 2.64. The maximum atomic E-state index is 4.51. The Morgan fingerprint density at radius 3 is 2.95 bits per heavy atom. The average Bonchev–Trinajstić information content (AvgIpc) is 3.22. The molecule has 1 aliphatic rings. The van der Waals surface area contributed by atoms with Crippen LogP contribution in [0.15, 0.2) is 31.0 Å². The standard InChI is InChI=1S/C15H18N5P/c21-20-6-5-13-14(16-10-17-15(13)20)12-7-18-19(9-12)8-11-3-1-2-4-11/h5-7,9-11H,1-4,8,21H2. The first kappa shape index (κ1) is 13.0. The highest BCUT2D eigenvalue weighted by atomic mass is 31.0. The zero-order valence-corrected chi connectivity index (χ0v) is 13.0. The fourth-order valence-electron chi connectivity index (χ4n) is 3.24. The van der Waals surface area contributed by atoms with Gasteiger partial charge in [0.15, 0.2) is 0 Å². The summed E-state index contributed by atoms with van der Waals surface area (Å²) >= 11 is 0. The Morgan fingerprint density at radius 2 is 2.10 bits per heavy atom. The van der Waals surface area contributed by atoms with Crippen LogP contribution in [0.4, 0.5) is 0 Å². The third kappa shape index (κ3) is 2.36. The van der Waals surface area contributed by atoms with E-state index in [-0.39, 0.29) is 0 Å². The monoisotopic (exact) mass is 299 g/mol. The van der Waals surface area contributed by atoms with Gasteiger partial charge in [0, 0.05) is 29.9 Å². The van der Waals surface area contributed by atoms with Gasteiger partial charge in [-0.15, -0.1) is 0 Å². The van der Waals surface area contributed by atoms with E-state index in [1.807, 2.05) is 22.8 Å². The Hall–Kier alpha value is -1.74. The van der Waals surface area contributed by atoms with Gasteiger partial charge in [-0.25, -0.2) is 9.97 Å². The van der Waals surface area contributed by atoms with Crippen LogP contribution < -0.4 is 0 Å². The minimum atomic E-state index is 0.788. The Bertz CT molecular complexity index is 769. The van der Waals surface area contributed by atoms with Crippen molar-refractivity contribution in [2.24, 2.45) is 5.92 Å². The zero-order valence-electron chi connectivity index (χ0n) is 11.8. The molecule has 0 saturated heterocycles. The van der Waals surface area contributed by atoms with Crippen molar-refractivity contribution in [1.29, 1.82) is 0 Å². The molecule has 0 aliphatic heterocycles. The normalized spacial score (nSPS) is 16.0. The van der Waals surface area contributed by atoms with Gasteiger partial charge in [-0.1, -0.05) is 12.8 Å². The van der Waals surface area contributed by atoms with Crippen molar-refractivity contribution in [1.82, 2.24) is 24.1 Å². The number of rotatable bonds is 3. The van der Waals surface area contributed by atoms with E-state index in [2.05, 4.69) is 35.3 Å². The summed E-state index contributed by atoms with van der Waals surface area (Å²) < 4.78 is 4.00. The summed E-state index contributed by atoms with van der Waals surface area (Å²) in [6.45, 7) is 1.03. The fourth-order valence-corrected chi connectivity index (χ4v) is 3.54. The maximum absolute atomic E-state index is 4.51. The molecule has 0 aromatic carbocycles. The molecule has 1 fully saturated rings. The van der Waals surface area contributed by atoms with Gasteiger partial charge in [0.1, 0.15) is 12.0 Å². The number of aromatic nitrogens is 5. The molecule has 5 nitrogen and oxygen atoms in total. The molecule has 4 rings (SSSR count). The first-order chi connectivity index (χ1) is 10.3. The zero-order chi connectivity index (χ0) is 14.2. The van der Waals surface area contributed by atoms with E-state index in [4.69, 9.17) is 0 Å². The van der Waals surface area contributed by atoms with E-state index in [1.54, 1.807) is 6.33 Å². The highest BCUT2D eigenvalue weighted by Gasteiger charge is 2.17. The van der Waals surface area contributed by atoms with Crippen LogP contribution in [0, 0.1) is 5.92 Å².